The molecule has 1 saturated heterocycles. The van der Waals surface area contributed by atoms with E-state index in [2.05, 4.69) is 10.3 Å². The number of aromatic nitrogens is 1. The number of likely N-dealkylation sites (tertiary alicyclic amines) is 1. The summed E-state index contributed by atoms with van der Waals surface area (Å²) in [6, 6.07) is 2.62. The molecular weight excluding hydrogens is 402 g/mol. The SMILES string of the molecule is CC(C)CC(NC(=O)OCc1ccncc1)C(=O)C1CN(C(=O)OC(C)(C)C)CC1O. The van der Waals surface area contributed by atoms with E-state index in [4.69, 9.17) is 9.47 Å². The molecule has 0 aromatic carbocycles. The molecular formula is C22H33N3O6. The summed E-state index contributed by atoms with van der Waals surface area (Å²) in [5.74, 6) is -1.01. The van der Waals surface area contributed by atoms with Gasteiger partial charge in [0.05, 0.1) is 24.6 Å². The predicted molar refractivity (Wildman–Crippen MR) is 113 cm³/mol. The zero-order valence-electron chi connectivity index (χ0n) is 18.8. The normalized spacial score (nSPS) is 19.8. The van der Waals surface area contributed by atoms with Gasteiger partial charge in [0.25, 0.3) is 0 Å². The summed E-state index contributed by atoms with van der Waals surface area (Å²) in [7, 11) is 0. The fraction of sp³-hybridized carbons (Fsp3) is 0.636. The molecule has 2 N–H and O–H groups in total. The maximum absolute atomic E-state index is 13.1. The largest absolute Gasteiger partial charge is 0.445 e. The molecule has 9 heteroatoms. The molecule has 0 saturated carbocycles. The second-order valence-electron chi connectivity index (χ2n) is 9.22. The third-order valence-corrected chi connectivity index (χ3v) is 4.77. The van der Waals surface area contributed by atoms with E-state index in [1.807, 2.05) is 13.8 Å². The minimum absolute atomic E-state index is 0.00616. The first-order valence-corrected chi connectivity index (χ1v) is 10.5. The summed E-state index contributed by atoms with van der Waals surface area (Å²) in [5, 5.41) is 13.1. The highest BCUT2D eigenvalue weighted by atomic mass is 16.6. The second-order valence-corrected chi connectivity index (χ2v) is 9.22. The second kappa shape index (κ2) is 10.6. The van der Waals surface area contributed by atoms with Crippen LogP contribution in [0, 0.1) is 11.8 Å². The number of rotatable bonds is 7. The first-order valence-electron chi connectivity index (χ1n) is 10.5. The molecule has 1 fully saturated rings. The van der Waals surface area contributed by atoms with Crippen molar-refractivity contribution in [3.63, 3.8) is 0 Å². The van der Waals surface area contributed by atoms with Crippen LogP contribution in [0.1, 0.15) is 46.6 Å². The highest BCUT2D eigenvalue weighted by Crippen LogP contribution is 2.23. The Labute approximate surface area is 183 Å². The van der Waals surface area contributed by atoms with Crippen molar-refractivity contribution < 1.29 is 29.0 Å². The Bertz CT molecular complexity index is 762. The number of nitrogens with zero attached hydrogens (tertiary/aromatic N) is 2. The zero-order chi connectivity index (χ0) is 23.2. The number of hydrogen-bond acceptors (Lipinski definition) is 7. The molecule has 0 bridgehead atoms. The molecule has 1 aliphatic heterocycles. The number of hydrogen-bond donors (Lipinski definition) is 2. The lowest BCUT2D eigenvalue weighted by Crippen LogP contribution is -2.47. The minimum atomic E-state index is -1.02. The standard InChI is InChI=1S/C22H33N3O6/c1-14(2)10-17(24-20(28)30-13-15-6-8-23-9-7-15)19(27)16-11-25(12-18(16)26)21(29)31-22(3,4)5/h6-9,14,16-18,26H,10-13H2,1-5H3,(H,24,28). The first-order chi connectivity index (χ1) is 14.5. The molecule has 172 valence electrons. The number of ether oxygens (including phenoxy) is 2. The molecule has 31 heavy (non-hydrogen) atoms. The van der Waals surface area contributed by atoms with Crippen molar-refractivity contribution in [3.05, 3.63) is 30.1 Å². The number of amides is 2. The maximum atomic E-state index is 13.1. The van der Waals surface area contributed by atoms with Crippen molar-refractivity contribution in [1.29, 1.82) is 0 Å². The molecule has 2 rings (SSSR count). The van der Waals surface area contributed by atoms with Gasteiger partial charge in [0.15, 0.2) is 5.78 Å². The Hall–Kier alpha value is -2.68. The molecule has 3 atom stereocenters. The summed E-state index contributed by atoms with van der Waals surface area (Å²) < 4.78 is 10.5. The summed E-state index contributed by atoms with van der Waals surface area (Å²) >= 11 is 0. The number of aliphatic hydroxyl groups is 1. The van der Waals surface area contributed by atoms with Crippen LogP contribution in [-0.2, 0) is 20.9 Å². The smallest absolute Gasteiger partial charge is 0.410 e. The lowest BCUT2D eigenvalue weighted by molar-refractivity contribution is -0.127. The van der Waals surface area contributed by atoms with Crippen molar-refractivity contribution in [2.24, 2.45) is 11.8 Å². The van der Waals surface area contributed by atoms with Gasteiger partial charge in [-0.3, -0.25) is 9.78 Å². The third kappa shape index (κ3) is 7.82. The van der Waals surface area contributed by atoms with Gasteiger partial charge in [0, 0.05) is 18.9 Å². The number of β-amino-alcohol motifs (C(OH)–C–C–N with tert-alkyl or cyclic N) is 1. The average molecular weight is 436 g/mol. The van der Waals surface area contributed by atoms with Crippen LogP contribution in [0.25, 0.3) is 0 Å². The Kier molecular flexibility index (Phi) is 8.38. The van der Waals surface area contributed by atoms with Crippen molar-refractivity contribution in [3.8, 4) is 0 Å². The number of nitrogens with one attached hydrogen (secondary N) is 1. The van der Waals surface area contributed by atoms with Gasteiger partial charge in [-0.05, 0) is 50.8 Å². The van der Waals surface area contributed by atoms with Gasteiger partial charge >= 0.3 is 12.2 Å². The average Bonchev–Trinajstić information content (AvgIpc) is 3.06. The third-order valence-electron chi connectivity index (χ3n) is 4.77. The van der Waals surface area contributed by atoms with Crippen LogP contribution in [0.2, 0.25) is 0 Å². The molecule has 1 aromatic heterocycles. The van der Waals surface area contributed by atoms with E-state index in [1.54, 1.807) is 45.3 Å². The molecule has 9 nitrogen and oxygen atoms in total. The Morgan fingerprint density at radius 2 is 1.87 bits per heavy atom. The van der Waals surface area contributed by atoms with Gasteiger partial charge in [-0.1, -0.05) is 13.8 Å². The summed E-state index contributed by atoms with van der Waals surface area (Å²) in [5.41, 5.74) is 0.0980. The fourth-order valence-electron chi connectivity index (χ4n) is 3.33. The number of Topliss-reactive ketones (excluding diaryl/α,β-unsaturated/α-hetero) is 1. The van der Waals surface area contributed by atoms with E-state index >= 15 is 0 Å². The van der Waals surface area contributed by atoms with Crippen LogP contribution in [0.3, 0.4) is 0 Å². The number of alkyl carbamates (subject to hydrolysis) is 1. The van der Waals surface area contributed by atoms with Gasteiger partial charge < -0.3 is 24.8 Å². The number of carbonyl (C=O) groups is 3. The lowest BCUT2D eigenvalue weighted by atomic mass is 9.90. The highest BCUT2D eigenvalue weighted by Gasteiger charge is 2.42. The van der Waals surface area contributed by atoms with E-state index < -0.39 is 35.9 Å². The topological polar surface area (TPSA) is 118 Å². The number of ketones is 1. The Balaban J connectivity index is 1.99. The molecule has 0 radical (unpaired) electrons. The van der Waals surface area contributed by atoms with E-state index in [9.17, 15) is 19.5 Å². The number of carbonyl (C=O) groups excluding carboxylic acids is 3. The van der Waals surface area contributed by atoms with E-state index in [1.165, 1.54) is 4.90 Å². The maximum Gasteiger partial charge on any atom is 0.410 e. The monoisotopic (exact) mass is 435 g/mol. The van der Waals surface area contributed by atoms with Gasteiger partial charge in [0.1, 0.15) is 12.2 Å². The molecule has 0 spiro atoms. The van der Waals surface area contributed by atoms with E-state index in [0.29, 0.717) is 6.42 Å². The molecule has 3 unspecified atom stereocenters. The molecule has 1 aliphatic rings. The Morgan fingerprint density at radius 3 is 2.45 bits per heavy atom. The van der Waals surface area contributed by atoms with Crippen LogP contribution >= 0.6 is 0 Å². The minimum Gasteiger partial charge on any atom is -0.445 e. The van der Waals surface area contributed by atoms with Crippen molar-refractivity contribution in [2.45, 2.75) is 65.4 Å². The van der Waals surface area contributed by atoms with Crippen LogP contribution in [0.4, 0.5) is 9.59 Å². The zero-order valence-corrected chi connectivity index (χ0v) is 18.8. The Morgan fingerprint density at radius 1 is 1.23 bits per heavy atom. The number of aliphatic hydroxyl groups excluding tert-OH is 1. The van der Waals surface area contributed by atoms with Gasteiger partial charge in [0.2, 0.25) is 0 Å². The lowest BCUT2D eigenvalue weighted by Gasteiger charge is -2.25. The van der Waals surface area contributed by atoms with Gasteiger partial charge in [-0.2, -0.15) is 0 Å². The van der Waals surface area contributed by atoms with E-state index in [0.717, 1.165) is 5.56 Å². The summed E-state index contributed by atoms with van der Waals surface area (Å²) in [6.45, 7) is 9.21. The first kappa shape index (κ1) is 24.6. The van der Waals surface area contributed by atoms with Crippen LogP contribution in [0.15, 0.2) is 24.5 Å². The van der Waals surface area contributed by atoms with Crippen LogP contribution < -0.4 is 5.32 Å². The van der Waals surface area contributed by atoms with Crippen LogP contribution in [-0.4, -0.2) is 63.8 Å². The fourth-order valence-corrected chi connectivity index (χ4v) is 3.33. The summed E-state index contributed by atoms with van der Waals surface area (Å²) in [4.78, 5) is 43.0. The van der Waals surface area contributed by atoms with Crippen molar-refractivity contribution in [1.82, 2.24) is 15.2 Å². The van der Waals surface area contributed by atoms with Crippen molar-refractivity contribution in [2.75, 3.05) is 13.1 Å². The molecule has 2 amide bonds. The van der Waals surface area contributed by atoms with E-state index in [-0.39, 0.29) is 31.4 Å². The summed E-state index contributed by atoms with van der Waals surface area (Å²) in [6.07, 6.45) is 1.27. The predicted octanol–water partition coefficient (Wildman–Crippen LogP) is 2.52. The van der Waals surface area contributed by atoms with Gasteiger partial charge in [-0.15, -0.1) is 0 Å². The molecule has 0 aliphatic carbocycles. The molecule has 1 aromatic rings. The molecule has 2 heterocycles. The highest BCUT2D eigenvalue weighted by molar-refractivity contribution is 5.90. The van der Waals surface area contributed by atoms with Gasteiger partial charge in [-0.25, -0.2) is 9.59 Å². The number of pyridine rings is 1. The quantitative estimate of drug-likeness (QED) is 0.675. The van der Waals surface area contributed by atoms with Crippen molar-refractivity contribution >= 4 is 18.0 Å². The van der Waals surface area contributed by atoms with Crippen LogP contribution in [0.5, 0.6) is 0 Å².